The summed E-state index contributed by atoms with van der Waals surface area (Å²) < 4.78 is 11.1. The maximum atomic E-state index is 12.6. The second kappa shape index (κ2) is 5.82. The fourth-order valence-electron chi connectivity index (χ4n) is 2.66. The minimum Gasteiger partial charge on any atom is -0.506 e. The molecule has 0 aliphatic carbocycles. The SMILES string of the molecule is Cc1c(O)c(Cl)c(C)c2c1OC(=O)c1c(C)c(Cl)c(O)c(C=O)c1O2. The van der Waals surface area contributed by atoms with Crippen molar-refractivity contribution in [3.8, 4) is 28.7 Å². The maximum Gasteiger partial charge on any atom is 0.347 e. The van der Waals surface area contributed by atoms with Gasteiger partial charge in [-0.15, -0.1) is 0 Å². The molecule has 0 aromatic heterocycles. The van der Waals surface area contributed by atoms with Crippen molar-refractivity contribution in [2.45, 2.75) is 20.8 Å². The number of rotatable bonds is 1. The zero-order valence-electron chi connectivity index (χ0n) is 13.4. The molecule has 0 unspecified atom stereocenters. The predicted octanol–water partition coefficient (Wildman–Crippen LogP) is 4.47. The Kier molecular flexibility index (Phi) is 4.05. The standard InChI is InChI=1S/C17H12Cl2O6/c1-5-9-16(8(4-20)13(22)10(5)18)24-14-6(2)11(19)12(21)7(3)15(14)25-17(9)23/h4,21-22H,1-3H3. The summed E-state index contributed by atoms with van der Waals surface area (Å²) in [4.78, 5) is 24.1. The molecule has 1 heterocycles. The molecular weight excluding hydrogens is 371 g/mol. The summed E-state index contributed by atoms with van der Waals surface area (Å²) in [6, 6.07) is 0. The van der Waals surface area contributed by atoms with Gasteiger partial charge in [0.25, 0.3) is 0 Å². The highest BCUT2D eigenvalue weighted by molar-refractivity contribution is 6.34. The molecule has 25 heavy (non-hydrogen) atoms. The molecule has 0 bridgehead atoms. The van der Waals surface area contributed by atoms with Crippen LogP contribution in [0.5, 0.6) is 28.7 Å². The summed E-state index contributed by atoms with van der Waals surface area (Å²) in [5.41, 5.74) is 0.340. The molecule has 0 saturated heterocycles. The molecule has 3 rings (SSSR count). The Morgan fingerprint density at radius 2 is 1.40 bits per heavy atom. The van der Waals surface area contributed by atoms with Crippen LogP contribution in [0.3, 0.4) is 0 Å². The number of carbonyl (C=O) groups excluding carboxylic acids is 2. The largest absolute Gasteiger partial charge is 0.506 e. The van der Waals surface area contributed by atoms with Gasteiger partial charge in [-0.05, 0) is 26.3 Å². The number of ether oxygens (including phenoxy) is 2. The lowest BCUT2D eigenvalue weighted by Crippen LogP contribution is -2.11. The molecule has 2 aromatic carbocycles. The van der Waals surface area contributed by atoms with E-state index in [4.69, 9.17) is 32.7 Å². The first-order chi connectivity index (χ1) is 11.7. The molecule has 2 aromatic rings. The van der Waals surface area contributed by atoms with Crippen molar-refractivity contribution in [1.82, 2.24) is 0 Å². The summed E-state index contributed by atoms with van der Waals surface area (Å²) in [7, 11) is 0. The van der Waals surface area contributed by atoms with Crippen LogP contribution in [-0.4, -0.2) is 22.5 Å². The molecule has 0 fully saturated rings. The van der Waals surface area contributed by atoms with Gasteiger partial charge in [0.05, 0.1) is 10.0 Å². The Labute approximate surface area is 152 Å². The van der Waals surface area contributed by atoms with Crippen molar-refractivity contribution < 1.29 is 29.3 Å². The van der Waals surface area contributed by atoms with Gasteiger partial charge in [0.2, 0.25) is 0 Å². The van der Waals surface area contributed by atoms with Crippen LogP contribution >= 0.6 is 23.2 Å². The van der Waals surface area contributed by atoms with Gasteiger partial charge in [-0.1, -0.05) is 23.2 Å². The Morgan fingerprint density at radius 1 is 0.840 bits per heavy atom. The number of esters is 1. The molecular formula is C17H12Cl2O6. The van der Waals surface area contributed by atoms with Crippen molar-refractivity contribution in [3.05, 3.63) is 37.9 Å². The minimum atomic E-state index is -0.833. The fourth-order valence-corrected chi connectivity index (χ4v) is 3.08. The molecule has 6 nitrogen and oxygen atoms in total. The second-order valence-corrected chi connectivity index (χ2v) is 6.34. The van der Waals surface area contributed by atoms with Crippen LogP contribution in [0.1, 0.15) is 37.4 Å². The third kappa shape index (κ3) is 2.33. The molecule has 130 valence electrons. The number of benzene rings is 2. The van der Waals surface area contributed by atoms with Crippen molar-refractivity contribution in [3.63, 3.8) is 0 Å². The van der Waals surface area contributed by atoms with Crippen LogP contribution in [0, 0.1) is 20.8 Å². The summed E-state index contributed by atoms with van der Waals surface area (Å²) in [6.07, 6.45) is 0.335. The lowest BCUT2D eigenvalue weighted by atomic mass is 10.0. The molecule has 0 atom stereocenters. The van der Waals surface area contributed by atoms with E-state index in [2.05, 4.69) is 0 Å². The summed E-state index contributed by atoms with van der Waals surface area (Å²) in [6.45, 7) is 4.55. The van der Waals surface area contributed by atoms with Gasteiger partial charge in [0.1, 0.15) is 22.6 Å². The minimum absolute atomic E-state index is 0.0209. The number of carbonyl (C=O) groups is 2. The van der Waals surface area contributed by atoms with Crippen LogP contribution in [0.25, 0.3) is 0 Å². The average molecular weight is 383 g/mol. The zero-order chi connectivity index (χ0) is 18.6. The van der Waals surface area contributed by atoms with E-state index >= 15 is 0 Å². The van der Waals surface area contributed by atoms with E-state index in [-0.39, 0.29) is 55.3 Å². The van der Waals surface area contributed by atoms with Crippen molar-refractivity contribution >= 4 is 35.5 Å². The number of phenols is 2. The van der Waals surface area contributed by atoms with Gasteiger partial charge in [-0.3, -0.25) is 4.79 Å². The molecule has 8 heteroatoms. The van der Waals surface area contributed by atoms with Gasteiger partial charge in [0.15, 0.2) is 23.5 Å². The molecule has 1 aliphatic rings. The Bertz CT molecular complexity index is 965. The van der Waals surface area contributed by atoms with Gasteiger partial charge in [-0.2, -0.15) is 0 Å². The predicted molar refractivity (Wildman–Crippen MR) is 90.9 cm³/mol. The fraction of sp³-hybridized carbons (Fsp3) is 0.176. The quantitative estimate of drug-likeness (QED) is 0.429. The first-order valence-electron chi connectivity index (χ1n) is 7.12. The van der Waals surface area contributed by atoms with Crippen LogP contribution in [0.4, 0.5) is 0 Å². The van der Waals surface area contributed by atoms with Gasteiger partial charge < -0.3 is 19.7 Å². The third-order valence-corrected chi connectivity index (χ3v) is 5.06. The number of hydrogen-bond donors (Lipinski definition) is 2. The van der Waals surface area contributed by atoms with E-state index < -0.39 is 11.7 Å². The lowest BCUT2D eigenvalue weighted by molar-refractivity contribution is 0.0735. The Balaban J connectivity index is 2.43. The van der Waals surface area contributed by atoms with Crippen molar-refractivity contribution in [2.24, 2.45) is 0 Å². The first-order valence-corrected chi connectivity index (χ1v) is 7.88. The van der Waals surface area contributed by atoms with Crippen LogP contribution < -0.4 is 9.47 Å². The molecule has 0 spiro atoms. The first kappa shape index (κ1) is 17.4. The highest BCUT2D eigenvalue weighted by Crippen LogP contribution is 2.51. The normalized spacial score (nSPS) is 12.6. The summed E-state index contributed by atoms with van der Waals surface area (Å²) >= 11 is 12.1. The van der Waals surface area contributed by atoms with E-state index in [1.54, 1.807) is 6.92 Å². The number of hydrogen-bond acceptors (Lipinski definition) is 6. The topological polar surface area (TPSA) is 93.1 Å². The van der Waals surface area contributed by atoms with E-state index in [1.165, 1.54) is 13.8 Å². The number of aldehydes is 1. The molecule has 0 saturated carbocycles. The monoisotopic (exact) mass is 382 g/mol. The molecule has 0 amide bonds. The summed E-state index contributed by atoms with van der Waals surface area (Å²) in [5.74, 6) is -1.70. The van der Waals surface area contributed by atoms with E-state index in [1.807, 2.05) is 0 Å². The zero-order valence-corrected chi connectivity index (χ0v) is 14.9. The molecule has 2 N–H and O–H groups in total. The van der Waals surface area contributed by atoms with E-state index in [0.29, 0.717) is 11.8 Å². The number of fused-ring (bicyclic) bond motifs is 2. The van der Waals surface area contributed by atoms with Gasteiger partial charge in [-0.25, -0.2) is 4.79 Å². The van der Waals surface area contributed by atoms with Crippen LogP contribution in [0.15, 0.2) is 0 Å². The number of halogens is 2. The second-order valence-electron chi connectivity index (χ2n) is 5.59. The Morgan fingerprint density at radius 3 is 2.00 bits per heavy atom. The van der Waals surface area contributed by atoms with E-state index in [0.717, 1.165) is 0 Å². The van der Waals surface area contributed by atoms with E-state index in [9.17, 15) is 19.8 Å². The number of phenolic OH excluding ortho intramolecular Hbond substituents is 2. The lowest BCUT2D eigenvalue weighted by Gasteiger charge is -2.16. The molecule has 0 radical (unpaired) electrons. The smallest absolute Gasteiger partial charge is 0.347 e. The van der Waals surface area contributed by atoms with Crippen molar-refractivity contribution in [2.75, 3.05) is 0 Å². The average Bonchev–Trinajstić information content (AvgIpc) is 2.73. The summed E-state index contributed by atoms with van der Waals surface area (Å²) in [5, 5.41) is 20.1. The maximum absolute atomic E-state index is 12.6. The highest BCUT2D eigenvalue weighted by atomic mass is 35.5. The van der Waals surface area contributed by atoms with Gasteiger partial charge >= 0.3 is 5.97 Å². The molecule has 1 aliphatic heterocycles. The van der Waals surface area contributed by atoms with Crippen molar-refractivity contribution in [1.29, 1.82) is 0 Å². The highest BCUT2D eigenvalue weighted by Gasteiger charge is 2.34. The van der Waals surface area contributed by atoms with Crippen LogP contribution in [-0.2, 0) is 0 Å². The number of aromatic hydroxyl groups is 2. The van der Waals surface area contributed by atoms with Gasteiger partial charge in [0, 0.05) is 11.1 Å². The third-order valence-electron chi connectivity index (χ3n) is 4.14. The van der Waals surface area contributed by atoms with Crippen LogP contribution in [0.2, 0.25) is 10.0 Å². The Hall–Kier alpha value is -2.44.